The van der Waals surface area contributed by atoms with E-state index < -0.39 is 9.84 Å². The van der Waals surface area contributed by atoms with Crippen molar-refractivity contribution in [1.82, 2.24) is 9.97 Å². The number of aromatic nitrogens is 2. The van der Waals surface area contributed by atoms with Gasteiger partial charge in [0.15, 0.2) is 0 Å². The van der Waals surface area contributed by atoms with Crippen LogP contribution in [0.4, 0.5) is 5.82 Å². The lowest BCUT2D eigenvalue weighted by atomic mass is 10.1. The van der Waals surface area contributed by atoms with E-state index in [0.29, 0.717) is 23.8 Å². The molecule has 19 heavy (non-hydrogen) atoms. The number of hydrogen-bond acceptors (Lipinski definition) is 5. The number of nitrogens with zero attached hydrogens (tertiary/aromatic N) is 2. The van der Waals surface area contributed by atoms with E-state index >= 15 is 0 Å². The fourth-order valence-corrected chi connectivity index (χ4v) is 3.81. The molecule has 0 amide bonds. The van der Waals surface area contributed by atoms with Gasteiger partial charge in [-0.05, 0) is 19.3 Å². The molecule has 1 aliphatic heterocycles. The minimum Gasteiger partial charge on any atom is -0.367 e. The first-order valence-corrected chi connectivity index (χ1v) is 8.69. The summed E-state index contributed by atoms with van der Waals surface area (Å²) >= 11 is 5.96. The number of aryl methyl sites for hydroxylation is 1. The molecule has 0 bridgehead atoms. The van der Waals surface area contributed by atoms with Gasteiger partial charge in [-0.25, -0.2) is 18.4 Å². The van der Waals surface area contributed by atoms with Gasteiger partial charge in [0.05, 0.1) is 11.5 Å². The lowest BCUT2D eigenvalue weighted by molar-refractivity contribution is 0.559. The van der Waals surface area contributed by atoms with Crippen LogP contribution < -0.4 is 5.32 Å². The normalized spacial score (nSPS) is 19.3. The van der Waals surface area contributed by atoms with Gasteiger partial charge in [0.2, 0.25) is 0 Å². The number of anilines is 1. The van der Waals surface area contributed by atoms with E-state index in [2.05, 4.69) is 22.2 Å². The fraction of sp³-hybridized carbons (Fsp3) is 0.667. The van der Waals surface area contributed by atoms with Crippen molar-refractivity contribution in [3.63, 3.8) is 0 Å². The number of rotatable bonds is 4. The third-order valence-electron chi connectivity index (χ3n) is 3.12. The van der Waals surface area contributed by atoms with E-state index in [1.165, 1.54) is 0 Å². The molecule has 2 rings (SSSR count). The standard InChI is InChI=1S/C12H18ClN3O2S/c1-2-3-11-15-10(13)8-12(16-11)14-9-4-6-19(17,18)7-5-9/h8-9H,2-7H2,1H3,(H,14,15,16). The summed E-state index contributed by atoms with van der Waals surface area (Å²) in [4.78, 5) is 8.56. The third-order valence-corrected chi connectivity index (χ3v) is 5.03. The monoisotopic (exact) mass is 303 g/mol. The third kappa shape index (κ3) is 4.31. The van der Waals surface area contributed by atoms with E-state index in [9.17, 15) is 8.42 Å². The van der Waals surface area contributed by atoms with Gasteiger partial charge >= 0.3 is 0 Å². The van der Waals surface area contributed by atoms with Crippen LogP contribution in [0, 0.1) is 0 Å². The average molecular weight is 304 g/mol. The van der Waals surface area contributed by atoms with Crippen LogP contribution in [0.1, 0.15) is 32.0 Å². The maximum Gasteiger partial charge on any atom is 0.150 e. The Kier molecular flexibility index (Phi) is 4.62. The molecular formula is C12H18ClN3O2S. The second kappa shape index (κ2) is 6.05. The highest BCUT2D eigenvalue weighted by Crippen LogP contribution is 2.19. The first-order valence-electron chi connectivity index (χ1n) is 6.49. The molecular weight excluding hydrogens is 286 g/mol. The first-order chi connectivity index (χ1) is 8.98. The summed E-state index contributed by atoms with van der Waals surface area (Å²) < 4.78 is 22.7. The van der Waals surface area contributed by atoms with Crippen LogP contribution in [0.3, 0.4) is 0 Å². The molecule has 1 fully saturated rings. The zero-order valence-corrected chi connectivity index (χ0v) is 12.5. The van der Waals surface area contributed by atoms with Crippen LogP contribution in [-0.2, 0) is 16.3 Å². The molecule has 7 heteroatoms. The van der Waals surface area contributed by atoms with Crippen molar-refractivity contribution < 1.29 is 8.42 Å². The van der Waals surface area contributed by atoms with Crippen LogP contribution in [0.15, 0.2) is 6.07 Å². The molecule has 1 saturated heterocycles. The molecule has 1 N–H and O–H groups in total. The van der Waals surface area contributed by atoms with E-state index in [1.54, 1.807) is 6.07 Å². The van der Waals surface area contributed by atoms with Crippen molar-refractivity contribution in [2.75, 3.05) is 16.8 Å². The zero-order valence-electron chi connectivity index (χ0n) is 10.9. The molecule has 5 nitrogen and oxygen atoms in total. The van der Waals surface area contributed by atoms with E-state index in [4.69, 9.17) is 11.6 Å². The summed E-state index contributed by atoms with van der Waals surface area (Å²) in [6, 6.07) is 1.83. The summed E-state index contributed by atoms with van der Waals surface area (Å²) in [7, 11) is -2.83. The molecule has 1 aromatic heterocycles. The van der Waals surface area contributed by atoms with E-state index in [1.807, 2.05) is 0 Å². The lowest BCUT2D eigenvalue weighted by Gasteiger charge is -2.23. The predicted molar refractivity (Wildman–Crippen MR) is 76.3 cm³/mol. The van der Waals surface area contributed by atoms with Gasteiger partial charge in [0.1, 0.15) is 26.6 Å². The average Bonchev–Trinajstić information content (AvgIpc) is 2.32. The minimum atomic E-state index is -2.83. The molecule has 0 spiro atoms. The Balaban J connectivity index is 2.03. The summed E-state index contributed by atoms with van der Waals surface area (Å²) in [5.41, 5.74) is 0. The SMILES string of the molecule is CCCc1nc(Cl)cc(NC2CCS(=O)(=O)CC2)n1. The van der Waals surface area contributed by atoms with Crippen LogP contribution in [0.25, 0.3) is 0 Å². The second-order valence-corrected chi connectivity index (χ2v) is 7.50. The molecule has 2 heterocycles. The Hall–Kier alpha value is -0.880. The Morgan fingerprint density at radius 1 is 1.37 bits per heavy atom. The summed E-state index contributed by atoms with van der Waals surface area (Å²) in [6.45, 7) is 2.06. The van der Waals surface area contributed by atoms with Gasteiger partial charge in [-0.3, -0.25) is 0 Å². The fourth-order valence-electron chi connectivity index (χ4n) is 2.12. The van der Waals surface area contributed by atoms with Gasteiger partial charge in [-0.2, -0.15) is 0 Å². The summed E-state index contributed by atoms with van der Waals surface area (Å²) in [5, 5.41) is 3.68. The van der Waals surface area contributed by atoms with Gasteiger partial charge in [0.25, 0.3) is 0 Å². The highest BCUT2D eigenvalue weighted by molar-refractivity contribution is 7.91. The van der Waals surface area contributed by atoms with Gasteiger partial charge < -0.3 is 5.32 Å². The summed E-state index contributed by atoms with van der Waals surface area (Å²) in [5.74, 6) is 1.89. The topological polar surface area (TPSA) is 72.0 Å². The molecule has 1 aromatic rings. The number of hydrogen-bond donors (Lipinski definition) is 1. The number of sulfone groups is 1. The van der Waals surface area contributed by atoms with Crippen LogP contribution in [-0.4, -0.2) is 35.9 Å². The molecule has 0 atom stereocenters. The predicted octanol–water partition coefficient (Wildman–Crippen LogP) is 2.07. The highest BCUT2D eigenvalue weighted by atomic mass is 35.5. The second-order valence-electron chi connectivity index (χ2n) is 4.81. The van der Waals surface area contributed by atoms with Crippen molar-refractivity contribution >= 4 is 27.3 Å². The molecule has 0 saturated carbocycles. The Morgan fingerprint density at radius 2 is 2.05 bits per heavy atom. The van der Waals surface area contributed by atoms with Crippen molar-refractivity contribution in [2.45, 2.75) is 38.6 Å². The quantitative estimate of drug-likeness (QED) is 0.862. The van der Waals surface area contributed by atoms with Crippen LogP contribution >= 0.6 is 11.6 Å². The molecule has 0 aliphatic carbocycles. The molecule has 1 aliphatic rings. The largest absolute Gasteiger partial charge is 0.367 e. The van der Waals surface area contributed by atoms with Crippen LogP contribution in [0.5, 0.6) is 0 Å². The Bertz CT molecular complexity index is 534. The maximum absolute atomic E-state index is 11.4. The van der Waals surface area contributed by atoms with Gasteiger partial charge in [-0.1, -0.05) is 18.5 Å². The number of halogens is 1. The Labute approximate surface area is 118 Å². The van der Waals surface area contributed by atoms with E-state index in [-0.39, 0.29) is 17.5 Å². The summed E-state index contributed by atoms with van der Waals surface area (Å²) in [6.07, 6.45) is 2.98. The highest BCUT2D eigenvalue weighted by Gasteiger charge is 2.23. The number of nitrogens with one attached hydrogen (secondary N) is 1. The van der Waals surface area contributed by atoms with Crippen molar-refractivity contribution in [3.05, 3.63) is 17.0 Å². The smallest absolute Gasteiger partial charge is 0.150 e. The molecule has 106 valence electrons. The van der Waals surface area contributed by atoms with Crippen LogP contribution in [0.2, 0.25) is 5.15 Å². The van der Waals surface area contributed by atoms with E-state index in [0.717, 1.165) is 18.7 Å². The van der Waals surface area contributed by atoms with Crippen molar-refractivity contribution in [1.29, 1.82) is 0 Å². The minimum absolute atomic E-state index is 0.143. The lowest BCUT2D eigenvalue weighted by Crippen LogP contribution is -2.32. The Morgan fingerprint density at radius 3 is 2.68 bits per heavy atom. The van der Waals surface area contributed by atoms with Gasteiger partial charge in [-0.15, -0.1) is 0 Å². The van der Waals surface area contributed by atoms with Crippen molar-refractivity contribution in [3.8, 4) is 0 Å². The first kappa shape index (κ1) is 14.5. The zero-order chi connectivity index (χ0) is 13.9. The molecule has 0 radical (unpaired) electrons. The molecule has 0 unspecified atom stereocenters. The van der Waals surface area contributed by atoms with Crippen molar-refractivity contribution in [2.24, 2.45) is 0 Å². The maximum atomic E-state index is 11.4. The molecule has 0 aromatic carbocycles. The van der Waals surface area contributed by atoms with Gasteiger partial charge in [0, 0.05) is 18.5 Å².